The zero-order valence-corrected chi connectivity index (χ0v) is 13.8. The van der Waals surface area contributed by atoms with Gasteiger partial charge in [0, 0.05) is 24.8 Å². The molecule has 0 radical (unpaired) electrons. The fraction of sp³-hybridized carbons (Fsp3) is 0.647. The molecule has 20 heavy (non-hydrogen) atoms. The van der Waals surface area contributed by atoms with Gasteiger partial charge in [-0.2, -0.15) is 0 Å². The van der Waals surface area contributed by atoms with Crippen molar-refractivity contribution in [3.8, 4) is 0 Å². The largest absolute Gasteiger partial charge is 0.372 e. The first kappa shape index (κ1) is 17.0. The van der Waals surface area contributed by atoms with Crippen LogP contribution in [0, 0.1) is 12.7 Å². The molecule has 2 unspecified atom stereocenters. The van der Waals surface area contributed by atoms with E-state index in [4.69, 9.17) is 0 Å². The summed E-state index contributed by atoms with van der Waals surface area (Å²) in [5.41, 5.74) is 2.89. The molecule has 1 N–H and O–H groups in total. The average Bonchev–Trinajstić information content (AvgIpc) is 2.45. The highest BCUT2D eigenvalue weighted by Gasteiger charge is 2.18. The summed E-state index contributed by atoms with van der Waals surface area (Å²) in [5, 5.41) is 3.45. The van der Waals surface area contributed by atoms with Gasteiger partial charge in [0.2, 0.25) is 0 Å². The minimum Gasteiger partial charge on any atom is -0.372 e. The molecule has 0 aliphatic heterocycles. The molecule has 0 aliphatic carbocycles. The summed E-state index contributed by atoms with van der Waals surface area (Å²) >= 11 is 0. The van der Waals surface area contributed by atoms with E-state index in [0.717, 1.165) is 30.6 Å². The summed E-state index contributed by atoms with van der Waals surface area (Å²) in [6, 6.07) is 4.27. The molecule has 0 heterocycles. The molecule has 114 valence electrons. The molecule has 0 saturated carbocycles. The van der Waals surface area contributed by atoms with Crippen LogP contribution in [0.4, 0.5) is 10.1 Å². The number of rotatable bonds is 7. The zero-order chi connectivity index (χ0) is 15.3. The number of aryl methyl sites for hydroxylation is 1. The Labute approximate surface area is 123 Å². The van der Waals surface area contributed by atoms with E-state index in [0.29, 0.717) is 11.6 Å². The van der Waals surface area contributed by atoms with Crippen molar-refractivity contribution in [3.63, 3.8) is 0 Å². The second-order valence-electron chi connectivity index (χ2n) is 5.70. The molecule has 1 aromatic carbocycles. The van der Waals surface area contributed by atoms with E-state index in [2.05, 4.69) is 45.0 Å². The van der Waals surface area contributed by atoms with E-state index >= 15 is 0 Å². The van der Waals surface area contributed by atoms with Gasteiger partial charge in [-0.1, -0.05) is 13.8 Å². The molecule has 0 spiro atoms. The number of hydrogen-bond acceptors (Lipinski definition) is 2. The van der Waals surface area contributed by atoms with Crippen molar-refractivity contribution in [2.45, 2.75) is 59.5 Å². The van der Waals surface area contributed by atoms with Crippen LogP contribution in [0.5, 0.6) is 0 Å². The topological polar surface area (TPSA) is 15.3 Å². The van der Waals surface area contributed by atoms with E-state index in [9.17, 15) is 4.39 Å². The van der Waals surface area contributed by atoms with Crippen LogP contribution in [-0.2, 0) is 0 Å². The van der Waals surface area contributed by atoms with Gasteiger partial charge in [-0.15, -0.1) is 0 Å². The van der Waals surface area contributed by atoms with E-state index in [1.165, 1.54) is 0 Å². The number of nitrogens with one attached hydrogen (secondary N) is 1. The van der Waals surface area contributed by atoms with Crippen molar-refractivity contribution in [2.75, 3.05) is 18.5 Å². The lowest BCUT2D eigenvalue weighted by atomic mass is 10.0. The Balaban J connectivity index is 3.16. The van der Waals surface area contributed by atoms with Crippen LogP contribution in [0.3, 0.4) is 0 Å². The van der Waals surface area contributed by atoms with Gasteiger partial charge in [-0.25, -0.2) is 4.39 Å². The summed E-state index contributed by atoms with van der Waals surface area (Å²) in [7, 11) is 2.09. The summed E-state index contributed by atoms with van der Waals surface area (Å²) in [6.45, 7) is 11.4. The fourth-order valence-electron chi connectivity index (χ4n) is 2.32. The van der Waals surface area contributed by atoms with Crippen LogP contribution in [-0.4, -0.2) is 19.6 Å². The quantitative estimate of drug-likeness (QED) is 0.795. The maximum Gasteiger partial charge on any atom is 0.126 e. The van der Waals surface area contributed by atoms with Gasteiger partial charge in [-0.05, 0) is 63.4 Å². The van der Waals surface area contributed by atoms with Gasteiger partial charge >= 0.3 is 0 Å². The maximum absolute atomic E-state index is 13.9. The van der Waals surface area contributed by atoms with Gasteiger partial charge in [0.25, 0.3) is 0 Å². The van der Waals surface area contributed by atoms with Gasteiger partial charge < -0.3 is 10.2 Å². The molecule has 0 fully saturated rings. The Bertz CT molecular complexity index is 431. The highest BCUT2D eigenvalue weighted by Crippen LogP contribution is 2.30. The highest BCUT2D eigenvalue weighted by molar-refractivity contribution is 5.57. The van der Waals surface area contributed by atoms with Crippen LogP contribution in [0.1, 0.15) is 57.7 Å². The predicted octanol–water partition coefficient (Wildman–Crippen LogP) is 4.43. The van der Waals surface area contributed by atoms with Crippen molar-refractivity contribution in [1.82, 2.24) is 5.32 Å². The lowest BCUT2D eigenvalue weighted by molar-refractivity contribution is 0.556. The molecule has 2 atom stereocenters. The number of anilines is 1. The Morgan fingerprint density at radius 3 is 2.45 bits per heavy atom. The average molecular weight is 280 g/mol. The molecule has 0 aliphatic rings. The number of nitrogens with zero attached hydrogens (tertiary/aromatic N) is 1. The fourth-order valence-corrected chi connectivity index (χ4v) is 2.32. The van der Waals surface area contributed by atoms with Crippen molar-refractivity contribution in [2.24, 2.45) is 0 Å². The Hall–Kier alpha value is -1.09. The first-order chi connectivity index (χ1) is 9.42. The van der Waals surface area contributed by atoms with Gasteiger partial charge in [0.15, 0.2) is 0 Å². The normalized spacial score (nSPS) is 14.2. The molecule has 1 aromatic rings. The second-order valence-corrected chi connectivity index (χ2v) is 5.70. The van der Waals surface area contributed by atoms with Gasteiger partial charge in [-0.3, -0.25) is 0 Å². The molecular formula is C17H29FN2. The molecule has 0 amide bonds. The first-order valence-corrected chi connectivity index (χ1v) is 7.68. The molecule has 0 bridgehead atoms. The number of hydrogen-bond donors (Lipinski definition) is 1. The summed E-state index contributed by atoms with van der Waals surface area (Å²) in [6.07, 6.45) is 2.15. The lowest BCUT2D eigenvalue weighted by Crippen LogP contribution is -2.31. The summed E-state index contributed by atoms with van der Waals surface area (Å²) in [5.74, 6) is -0.119. The van der Waals surface area contributed by atoms with Crippen molar-refractivity contribution >= 4 is 5.69 Å². The van der Waals surface area contributed by atoms with Crippen LogP contribution in [0.2, 0.25) is 0 Å². The van der Waals surface area contributed by atoms with Crippen molar-refractivity contribution < 1.29 is 4.39 Å². The minimum absolute atomic E-state index is 0.119. The SMILES string of the molecule is CCCNC(C)c1cc(F)c(C)cc1N(C)C(C)CC. The third-order valence-corrected chi connectivity index (χ3v) is 4.11. The van der Waals surface area contributed by atoms with Crippen molar-refractivity contribution in [3.05, 3.63) is 29.1 Å². The third-order valence-electron chi connectivity index (χ3n) is 4.11. The predicted molar refractivity (Wildman–Crippen MR) is 86.0 cm³/mol. The summed E-state index contributed by atoms with van der Waals surface area (Å²) in [4.78, 5) is 2.26. The number of halogens is 1. The third kappa shape index (κ3) is 3.95. The van der Waals surface area contributed by atoms with Crippen molar-refractivity contribution in [1.29, 1.82) is 0 Å². The second kappa shape index (κ2) is 7.63. The molecule has 3 heteroatoms. The lowest BCUT2D eigenvalue weighted by Gasteiger charge is -2.30. The minimum atomic E-state index is -0.119. The molecule has 1 rings (SSSR count). The van der Waals surface area contributed by atoms with E-state index < -0.39 is 0 Å². The van der Waals surface area contributed by atoms with Crippen LogP contribution >= 0.6 is 0 Å². The maximum atomic E-state index is 13.9. The zero-order valence-electron chi connectivity index (χ0n) is 13.8. The first-order valence-electron chi connectivity index (χ1n) is 7.68. The Morgan fingerprint density at radius 1 is 1.25 bits per heavy atom. The Morgan fingerprint density at radius 2 is 1.90 bits per heavy atom. The molecule has 0 aromatic heterocycles. The van der Waals surface area contributed by atoms with E-state index in [1.54, 1.807) is 6.07 Å². The molecule has 2 nitrogen and oxygen atoms in total. The van der Waals surface area contributed by atoms with Crippen LogP contribution in [0.15, 0.2) is 12.1 Å². The summed E-state index contributed by atoms with van der Waals surface area (Å²) < 4.78 is 13.9. The smallest absolute Gasteiger partial charge is 0.126 e. The van der Waals surface area contributed by atoms with Gasteiger partial charge in [0.05, 0.1) is 0 Å². The van der Waals surface area contributed by atoms with E-state index in [-0.39, 0.29) is 11.9 Å². The Kier molecular flexibility index (Phi) is 6.47. The van der Waals surface area contributed by atoms with E-state index in [1.807, 2.05) is 13.0 Å². The molecular weight excluding hydrogens is 251 g/mol. The van der Waals surface area contributed by atoms with Crippen LogP contribution < -0.4 is 10.2 Å². The highest BCUT2D eigenvalue weighted by atomic mass is 19.1. The van der Waals surface area contributed by atoms with Gasteiger partial charge in [0.1, 0.15) is 5.82 Å². The standard InChI is InChI=1S/C17H29FN2/c1-7-9-19-14(5)15-11-16(18)12(3)10-17(15)20(6)13(4)8-2/h10-11,13-14,19H,7-9H2,1-6H3. The van der Waals surface area contributed by atoms with Crippen LogP contribution in [0.25, 0.3) is 0 Å². The monoisotopic (exact) mass is 280 g/mol. The molecule has 0 saturated heterocycles. The number of benzene rings is 1.